The van der Waals surface area contributed by atoms with Gasteiger partial charge in [0.25, 0.3) is 0 Å². The average Bonchev–Trinajstić information content (AvgIpc) is 0.722. The van der Waals surface area contributed by atoms with Crippen molar-refractivity contribution in [3.8, 4) is 0 Å². The molecule has 0 spiro atoms. The normalized spacial score (nSPS) is 8.43. The molecule has 0 amide bonds. The first-order valence-electron chi connectivity index (χ1n) is 0.783. The van der Waals surface area contributed by atoms with E-state index in [1.54, 1.807) is 0 Å². The van der Waals surface area contributed by atoms with Crippen molar-refractivity contribution in [2.45, 2.75) is 0 Å². The second kappa shape index (κ2) is 5.67. The van der Waals surface area contributed by atoms with E-state index in [0.29, 0.717) is 0 Å². The Morgan fingerprint density at radius 3 is 1.14 bits per heavy atom. The largest absolute Gasteiger partial charge is 0.466 e. The number of hydrogen-bond donors (Lipinski definition) is 3. The number of hydrogen-bond acceptors (Lipinski definition) is 1. The Balaban J connectivity index is -0.0000000800. The van der Waals surface area contributed by atoms with Crippen LogP contribution in [-0.4, -0.2) is 14.7 Å². The molecule has 0 heterocycles. The van der Waals surface area contributed by atoms with Gasteiger partial charge in [0.1, 0.15) is 0 Å². The summed E-state index contributed by atoms with van der Waals surface area (Å²) in [6, 6.07) is 0. The summed E-state index contributed by atoms with van der Waals surface area (Å²) in [5.74, 6) is 0. The van der Waals surface area contributed by atoms with Crippen molar-refractivity contribution in [2.75, 3.05) is 0 Å². The van der Waals surface area contributed by atoms with Gasteiger partial charge >= 0.3 is 7.82 Å². The van der Waals surface area contributed by atoms with Crippen molar-refractivity contribution in [1.29, 1.82) is 0 Å². The van der Waals surface area contributed by atoms with Crippen LogP contribution in [0.2, 0.25) is 0 Å². The Morgan fingerprint density at radius 1 is 1.14 bits per heavy atom. The summed E-state index contributed by atoms with van der Waals surface area (Å²) >= 11 is 0. The predicted molar refractivity (Wildman–Crippen MR) is 14.3 cm³/mol. The van der Waals surface area contributed by atoms with Crippen molar-refractivity contribution in [3.05, 3.63) is 0 Å². The van der Waals surface area contributed by atoms with Gasteiger partial charge in [0.2, 0.25) is 0 Å². The fourth-order valence-corrected chi connectivity index (χ4v) is 0. The van der Waals surface area contributed by atoms with Crippen LogP contribution < -0.4 is 0 Å². The molecule has 0 unspecified atom stereocenters. The van der Waals surface area contributed by atoms with Gasteiger partial charge < -0.3 is 14.7 Å². The first-order valence-corrected chi connectivity index (χ1v) is 2.35. The van der Waals surface area contributed by atoms with Gasteiger partial charge in [-0.05, 0) is 0 Å². The first kappa shape index (κ1) is 15.8. The van der Waals surface area contributed by atoms with Gasteiger partial charge in [-0.3, -0.25) is 0 Å². The minimum Gasteiger partial charge on any atom is -0.303 e. The Bertz CT molecular complexity index is 57.8. The molecule has 1 radical (unpaired) electrons. The summed E-state index contributed by atoms with van der Waals surface area (Å²) < 4.78 is 8.88. The SMILES string of the molecule is O=P(O)(O)O.[Mo].[Nb]. The third kappa shape index (κ3) is 97.7. The zero-order valence-corrected chi connectivity index (χ0v) is 8.15. The first-order chi connectivity index (χ1) is 2.00. The summed E-state index contributed by atoms with van der Waals surface area (Å²) in [6.45, 7) is 0. The minimum atomic E-state index is -4.64. The molecule has 4 nitrogen and oxygen atoms in total. The van der Waals surface area contributed by atoms with Crippen molar-refractivity contribution >= 4 is 7.82 Å². The van der Waals surface area contributed by atoms with Gasteiger partial charge in [-0.2, -0.15) is 0 Å². The maximum absolute atomic E-state index is 8.88. The standard InChI is InChI=1S/Mo.Nb.H3O4P/c;;1-5(2,3)4/h;;(H3,1,2,3,4). The molecule has 0 atom stereocenters. The molecule has 0 aromatic rings. The summed E-state index contributed by atoms with van der Waals surface area (Å²) in [7, 11) is -4.64. The maximum atomic E-state index is 8.88. The fraction of sp³-hybridized carbons (Fsp3) is 0. The fourth-order valence-electron chi connectivity index (χ4n) is 0. The van der Waals surface area contributed by atoms with Crippen LogP contribution in [0.5, 0.6) is 0 Å². The Hall–Kier alpha value is 1.54. The van der Waals surface area contributed by atoms with Crippen LogP contribution in [0.3, 0.4) is 0 Å². The second-order valence-electron chi connectivity index (χ2n) is 0.513. The summed E-state index contributed by atoms with van der Waals surface area (Å²) in [5.41, 5.74) is 0. The third-order valence-electron chi connectivity index (χ3n) is 0. The van der Waals surface area contributed by atoms with Crippen LogP contribution in [0.1, 0.15) is 0 Å². The Kier molecular flexibility index (Phi) is 12.8. The van der Waals surface area contributed by atoms with Crippen LogP contribution in [0.4, 0.5) is 0 Å². The monoisotopic (exact) mass is 289 g/mol. The van der Waals surface area contributed by atoms with Crippen LogP contribution in [0.25, 0.3) is 0 Å². The van der Waals surface area contributed by atoms with Gasteiger partial charge in [-0.1, -0.05) is 0 Å². The van der Waals surface area contributed by atoms with E-state index >= 15 is 0 Å². The smallest absolute Gasteiger partial charge is 0.303 e. The van der Waals surface area contributed by atoms with E-state index in [2.05, 4.69) is 0 Å². The Morgan fingerprint density at radius 2 is 1.14 bits per heavy atom. The molecule has 43 valence electrons. The average molecular weight is 287 g/mol. The molecule has 0 aromatic carbocycles. The van der Waals surface area contributed by atoms with Crippen molar-refractivity contribution in [1.82, 2.24) is 0 Å². The molecule has 0 aliphatic rings. The molecule has 0 aliphatic heterocycles. The molecule has 0 rings (SSSR count). The number of rotatable bonds is 0. The van der Waals surface area contributed by atoms with Crippen molar-refractivity contribution in [3.63, 3.8) is 0 Å². The molecule has 7 heteroatoms. The Labute approximate surface area is 70.3 Å². The molecular weight excluding hydrogens is 284 g/mol. The van der Waals surface area contributed by atoms with E-state index in [1.165, 1.54) is 0 Å². The molecule has 3 N–H and O–H groups in total. The van der Waals surface area contributed by atoms with E-state index in [9.17, 15) is 0 Å². The van der Waals surface area contributed by atoms with E-state index in [1.807, 2.05) is 0 Å². The molecule has 0 aliphatic carbocycles. The number of phosphoric acid groups is 1. The van der Waals surface area contributed by atoms with Crippen LogP contribution in [-0.2, 0) is 48.0 Å². The second-order valence-corrected chi connectivity index (χ2v) is 1.54. The van der Waals surface area contributed by atoms with E-state index in [0.717, 1.165) is 0 Å². The van der Waals surface area contributed by atoms with Gasteiger partial charge in [-0.25, -0.2) is 4.57 Å². The van der Waals surface area contributed by atoms with Gasteiger partial charge in [0.15, 0.2) is 0 Å². The van der Waals surface area contributed by atoms with Crippen LogP contribution in [0, 0.1) is 0 Å². The quantitative estimate of drug-likeness (QED) is 0.397. The van der Waals surface area contributed by atoms with E-state index in [-0.39, 0.29) is 43.4 Å². The van der Waals surface area contributed by atoms with Crippen LogP contribution in [0.15, 0.2) is 0 Å². The van der Waals surface area contributed by atoms with Crippen molar-refractivity contribution < 1.29 is 62.7 Å². The third-order valence-corrected chi connectivity index (χ3v) is 0. The molecule has 0 fully saturated rings. The van der Waals surface area contributed by atoms with Gasteiger partial charge in [0, 0.05) is 43.4 Å². The van der Waals surface area contributed by atoms with E-state index < -0.39 is 7.82 Å². The zero-order chi connectivity index (χ0) is 4.50. The maximum Gasteiger partial charge on any atom is 0.466 e. The van der Waals surface area contributed by atoms with Gasteiger partial charge in [-0.15, -0.1) is 0 Å². The molecule has 0 bridgehead atoms. The molecule has 0 saturated carbocycles. The summed E-state index contributed by atoms with van der Waals surface area (Å²) in [6.07, 6.45) is 0. The summed E-state index contributed by atoms with van der Waals surface area (Å²) in [4.78, 5) is 21.6. The van der Waals surface area contributed by atoms with Gasteiger partial charge in [0.05, 0.1) is 0 Å². The van der Waals surface area contributed by atoms with E-state index in [4.69, 9.17) is 19.2 Å². The topological polar surface area (TPSA) is 77.8 Å². The molecule has 7 heavy (non-hydrogen) atoms. The minimum absolute atomic E-state index is 0. The van der Waals surface area contributed by atoms with Crippen LogP contribution >= 0.6 is 7.82 Å². The molecule has 0 aromatic heterocycles. The molecule has 0 saturated heterocycles. The predicted octanol–water partition coefficient (Wildman–Crippen LogP) is -0.934. The molecular formula is H3MoNbO4P. The van der Waals surface area contributed by atoms with Crippen molar-refractivity contribution in [2.24, 2.45) is 0 Å². The summed E-state index contributed by atoms with van der Waals surface area (Å²) in [5, 5.41) is 0. The zero-order valence-electron chi connectivity index (χ0n) is 3.05.